The molecule has 3 rings (SSSR count). The summed E-state index contributed by atoms with van der Waals surface area (Å²) in [4.78, 5) is 43.7. The second-order valence-corrected chi connectivity index (χ2v) is 8.08. The number of ether oxygens (including phenoxy) is 1. The van der Waals surface area contributed by atoms with Crippen molar-refractivity contribution in [3.8, 4) is 0 Å². The molecular weight excluding hydrogens is 406 g/mol. The van der Waals surface area contributed by atoms with Crippen molar-refractivity contribution in [1.29, 1.82) is 0 Å². The summed E-state index contributed by atoms with van der Waals surface area (Å²) in [5.74, 6) is -0.216. The molecule has 0 spiro atoms. The minimum atomic E-state index is -0.188. The van der Waals surface area contributed by atoms with Crippen LogP contribution in [-0.4, -0.2) is 63.5 Å². The first-order chi connectivity index (χ1) is 14.5. The fourth-order valence-corrected chi connectivity index (χ4v) is 4.45. The fourth-order valence-electron chi connectivity index (χ4n) is 3.53. The summed E-state index contributed by atoms with van der Waals surface area (Å²) in [5.41, 5.74) is 0.423. The lowest BCUT2D eigenvalue weighted by atomic mass is 9.97. The van der Waals surface area contributed by atoms with E-state index >= 15 is 0 Å². The summed E-state index contributed by atoms with van der Waals surface area (Å²) < 4.78 is 6.60. The van der Waals surface area contributed by atoms with E-state index in [2.05, 4.69) is 4.98 Å². The molecule has 1 N–H and O–H groups in total. The van der Waals surface area contributed by atoms with Gasteiger partial charge in [0, 0.05) is 26.2 Å². The van der Waals surface area contributed by atoms with Crippen molar-refractivity contribution >= 4 is 34.5 Å². The Labute approximate surface area is 179 Å². The van der Waals surface area contributed by atoms with E-state index in [0.717, 1.165) is 0 Å². The molecule has 1 fully saturated rings. The molecule has 1 aromatic heterocycles. The Morgan fingerprint density at radius 2 is 2.00 bits per heavy atom. The Kier molecular flexibility index (Phi) is 7.87. The van der Waals surface area contributed by atoms with Gasteiger partial charge in [-0.15, -0.1) is 0 Å². The zero-order chi connectivity index (χ0) is 21.5. The minimum absolute atomic E-state index is 0.0300. The highest BCUT2D eigenvalue weighted by Crippen LogP contribution is 2.22. The molecule has 0 aliphatic carbocycles. The molecule has 0 radical (unpaired) electrons. The number of thioether (sulfide) groups is 1. The van der Waals surface area contributed by atoms with Gasteiger partial charge in [0.2, 0.25) is 5.91 Å². The van der Waals surface area contributed by atoms with Crippen molar-refractivity contribution in [3.63, 3.8) is 0 Å². The molecule has 0 bridgehead atoms. The zero-order valence-corrected chi connectivity index (χ0v) is 17.9. The van der Waals surface area contributed by atoms with Gasteiger partial charge < -0.3 is 14.7 Å². The predicted molar refractivity (Wildman–Crippen MR) is 114 cm³/mol. The molecule has 8 nitrogen and oxygen atoms in total. The highest BCUT2D eigenvalue weighted by atomic mass is 32.2. The van der Waals surface area contributed by atoms with Gasteiger partial charge in [-0.1, -0.05) is 23.9 Å². The first kappa shape index (κ1) is 22.3. The number of carbonyl (C=O) groups is 2. The highest BCUT2D eigenvalue weighted by Gasteiger charge is 2.28. The number of likely N-dealkylation sites (tertiary alicyclic amines) is 1. The molecule has 1 aromatic carbocycles. The average molecular weight is 434 g/mol. The van der Waals surface area contributed by atoms with E-state index < -0.39 is 0 Å². The summed E-state index contributed by atoms with van der Waals surface area (Å²) in [6.07, 6.45) is 1.64. The Balaban J connectivity index is 1.67. The number of hydrogen-bond donors (Lipinski definition) is 1. The number of para-hydroxylation sites is 1. The maximum atomic E-state index is 12.8. The van der Waals surface area contributed by atoms with E-state index in [1.807, 2.05) is 6.07 Å². The predicted octanol–water partition coefficient (Wildman–Crippen LogP) is 1.67. The number of rotatable bonds is 8. The summed E-state index contributed by atoms with van der Waals surface area (Å²) in [6, 6.07) is 7.12. The molecule has 2 heterocycles. The van der Waals surface area contributed by atoms with Gasteiger partial charge in [0.1, 0.15) is 0 Å². The molecule has 0 unspecified atom stereocenters. The fraction of sp³-hybridized carbons (Fsp3) is 0.524. The Morgan fingerprint density at radius 1 is 1.27 bits per heavy atom. The van der Waals surface area contributed by atoms with Crippen LogP contribution in [0.25, 0.3) is 10.9 Å². The molecule has 0 atom stereocenters. The van der Waals surface area contributed by atoms with Gasteiger partial charge in [-0.05, 0) is 38.3 Å². The molecule has 30 heavy (non-hydrogen) atoms. The molecule has 1 aliphatic rings. The molecule has 1 saturated heterocycles. The normalized spacial score (nSPS) is 14.8. The SMILES string of the molecule is CCOC(=O)C1CCN(C(=O)CSc2nc3ccccc3c(=O)n2CCCO)CC1. The number of benzene rings is 1. The van der Waals surface area contributed by atoms with Crippen LogP contribution in [0.15, 0.2) is 34.2 Å². The monoisotopic (exact) mass is 433 g/mol. The number of aliphatic hydroxyl groups excluding tert-OH is 1. The molecular formula is C21H27N3O5S. The first-order valence-corrected chi connectivity index (χ1v) is 11.2. The smallest absolute Gasteiger partial charge is 0.309 e. The number of aromatic nitrogens is 2. The van der Waals surface area contributed by atoms with Crippen LogP contribution in [0.4, 0.5) is 0 Å². The number of fused-ring (bicyclic) bond motifs is 1. The van der Waals surface area contributed by atoms with Crippen molar-refractivity contribution < 1.29 is 19.4 Å². The summed E-state index contributed by atoms with van der Waals surface area (Å²) in [6.45, 7) is 3.50. The van der Waals surface area contributed by atoms with Gasteiger partial charge in [0.25, 0.3) is 5.56 Å². The number of carbonyl (C=O) groups excluding carboxylic acids is 2. The summed E-state index contributed by atoms with van der Waals surface area (Å²) >= 11 is 1.23. The second-order valence-electron chi connectivity index (χ2n) is 7.14. The van der Waals surface area contributed by atoms with E-state index in [4.69, 9.17) is 9.84 Å². The second kappa shape index (κ2) is 10.6. The summed E-state index contributed by atoms with van der Waals surface area (Å²) in [5, 5.41) is 10.2. The van der Waals surface area contributed by atoms with Crippen LogP contribution in [0, 0.1) is 5.92 Å². The van der Waals surface area contributed by atoms with Gasteiger partial charge in [-0.2, -0.15) is 0 Å². The van der Waals surface area contributed by atoms with Crippen molar-refractivity contribution in [2.45, 2.75) is 37.9 Å². The summed E-state index contributed by atoms with van der Waals surface area (Å²) in [7, 11) is 0. The number of aliphatic hydroxyl groups is 1. The lowest BCUT2D eigenvalue weighted by Crippen LogP contribution is -2.41. The zero-order valence-electron chi connectivity index (χ0n) is 17.1. The van der Waals surface area contributed by atoms with Crippen LogP contribution >= 0.6 is 11.8 Å². The van der Waals surface area contributed by atoms with Crippen LogP contribution in [0.5, 0.6) is 0 Å². The Morgan fingerprint density at radius 3 is 2.70 bits per heavy atom. The van der Waals surface area contributed by atoms with Crippen molar-refractivity contribution in [2.75, 3.05) is 32.1 Å². The maximum absolute atomic E-state index is 12.8. The van der Waals surface area contributed by atoms with E-state index in [9.17, 15) is 14.4 Å². The van der Waals surface area contributed by atoms with Gasteiger partial charge in [0.15, 0.2) is 5.16 Å². The molecule has 0 saturated carbocycles. The molecule has 2 aromatic rings. The van der Waals surface area contributed by atoms with Gasteiger partial charge in [0.05, 0.1) is 29.2 Å². The number of amides is 1. The van der Waals surface area contributed by atoms with Crippen molar-refractivity contribution in [3.05, 3.63) is 34.6 Å². The third kappa shape index (κ3) is 5.20. The van der Waals surface area contributed by atoms with Gasteiger partial charge in [-0.25, -0.2) is 4.98 Å². The van der Waals surface area contributed by atoms with Crippen molar-refractivity contribution in [2.24, 2.45) is 5.92 Å². The molecule has 1 aliphatic heterocycles. The van der Waals surface area contributed by atoms with Gasteiger partial charge in [-0.3, -0.25) is 19.0 Å². The van der Waals surface area contributed by atoms with Gasteiger partial charge >= 0.3 is 5.97 Å². The van der Waals surface area contributed by atoms with Crippen molar-refractivity contribution in [1.82, 2.24) is 14.5 Å². The third-order valence-electron chi connectivity index (χ3n) is 5.16. The molecule has 1 amide bonds. The number of esters is 1. The van der Waals surface area contributed by atoms with E-state index in [1.54, 1.807) is 30.0 Å². The van der Waals surface area contributed by atoms with Crippen LogP contribution in [0.2, 0.25) is 0 Å². The number of piperidine rings is 1. The largest absolute Gasteiger partial charge is 0.466 e. The molecule has 9 heteroatoms. The Hall–Kier alpha value is -2.39. The topological polar surface area (TPSA) is 102 Å². The lowest BCUT2D eigenvalue weighted by Gasteiger charge is -2.30. The van der Waals surface area contributed by atoms with Crippen LogP contribution in [-0.2, 0) is 20.9 Å². The lowest BCUT2D eigenvalue weighted by molar-refractivity contribution is -0.151. The van der Waals surface area contributed by atoms with E-state index in [0.29, 0.717) is 61.6 Å². The minimum Gasteiger partial charge on any atom is -0.466 e. The number of hydrogen-bond acceptors (Lipinski definition) is 7. The average Bonchev–Trinajstić information content (AvgIpc) is 2.77. The van der Waals surface area contributed by atoms with E-state index in [1.165, 1.54) is 16.3 Å². The maximum Gasteiger partial charge on any atom is 0.309 e. The number of nitrogens with zero attached hydrogens (tertiary/aromatic N) is 3. The first-order valence-electron chi connectivity index (χ1n) is 10.2. The molecule has 162 valence electrons. The Bertz CT molecular complexity index is 953. The quantitative estimate of drug-likeness (QED) is 0.384. The third-order valence-corrected chi connectivity index (χ3v) is 6.12. The highest BCUT2D eigenvalue weighted by molar-refractivity contribution is 7.99. The standard InChI is InChI=1S/C21H27N3O5S/c1-2-29-20(28)15-8-11-23(12-9-15)18(26)14-30-21-22-17-7-4-3-6-16(17)19(27)24(21)10-5-13-25/h3-4,6-7,15,25H,2,5,8-14H2,1H3. The van der Waals surface area contributed by atoms with Crippen LogP contribution in [0.3, 0.4) is 0 Å². The van der Waals surface area contributed by atoms with Crippen LogP contribution in [0.1, 0.15) is 26.2 Å². The van der Waals surface area contributed by atoms with E-state index in [-0.39, 0.29) is 35.7 Å². The van der Waals surface area contributed by atoms with Crippen LogP contribution < -0.4 is 5.56 Å².